The molecule has 0 aromatic rings. The minimum Gasteiger partial charge on any atom is -0.361 e. The largest absolute Gasteiger partial charge is 0.361 e. The van der Waals surface area contributed by atoms with Crippen LogP contribution in [0.1, 0.15) is 65.2 Å². The minimum atomic E-state index is 0.0199. The molecule has 0 aromatic heterocycles. The Bertz CT molecular complexity index is 634. The van der Waals surface area contributed by atoms with Crippen molar-refractivity contribution in [2.24, 2.45) is 39.9 Å². The fourth-order valence-electron chi connectivity index (χ4n) is 9.43. The maximum absolute atomic E-state index is 13.5. The smallest absolute Gasteiger partial charge is 0.142 e. The molecule has 3 nitrogen and oxygen atoms in total. The summed E-state index contributed by atoms with van der Waals surface area (Å²) in [5.74, 6) is 3.02. The normalized spacial score (nSPS) is 60.1. The van der Waals surface area contributed by atoms with Crippen molar-refractivity contribution in [3.8, 4) is 0 Å². The zero-order valence-corrected chi connectivity index (χ0v) is 15.9. The van der Waals surface area contributed by atoms with Gasteiger partial charge < -0.3 is 4.74 Å². The van der Waals surface area contributed by atoms with Crippen LogP contribution in [-0.2, 0) is 9.53 Å². The van der Waals surface area contributed by atoms with Crippen LogP contribution in [0.25, 0.3) is 0 Å². The number of hydrogen-bond donors (Lipinski definition) is 0. The Morgan fingerprint density at radius 3 is 2.88 bits per heavy atom. The summed E-state index contributed by atoms with van der Waals surface area (Å²) >= 11 is 0. The Morgan fingerprint density at radius 1 is 1.12 bits per heavy atom. The maximum Gasteiger partial charge on any atom is 0.142 e. The highest BCUT2D eigenvalue weighted by atomic mass is 16.5. The lowest BCUT2D eigenvalue weighted by atomic mass is 9.38. The van der Waals surface area contributed by atoms with Crippen molar-refractivity contribution >= 4 is 5.78 Å². The Kier molecular flexibility index (Phi) is 2.94. The molecule has 1 spiro atoms. The number of piperidine rings is 1. The first kappa shape index (κ1) is 15.6. The molecule has 0 radical (unpaired) electrons. The lowest BCUT2D eigenvalue weighted by molar-refractivity contribution is -0.265. The molecular formula is C22H33NO2. The van der Waals surface area contributed by atoms with Crippen LogP contribution in [0.5, 0.6) is 0 Å². The van der Waals surface area contributed by atoms with E-state index < -0.39 is 0 Å². The van der Waals surface area contributed by atoms with E-state index in [1.54, 1.807) is 0 Å². The Hall–Kier alpha value is -0.410. The van der Waals surface area contributed by atoms with Crippen LogP contribution in [-0.4, -0.2) is 36.6 Å². The summed E-state index contributed by atoms with van der Waals surface area (Å²) in [6, 6.07) is 0. The van der Waals surface area contributed by atoms with E-state index in [0.29, 0.717) is 35.2 Å². The highest BCUT2D eigenvalue weighted by Gasteiger charge is 2.73. The molecule has 8 atom stereocenters. The van der Waals surface area contributed by atoms with Crippen molar-refractivity contribution in [3.63, 3.8) is 0 Å². The molecule has 25 heavy (non-hydrogen) atoms. The third-order valence-electron chi connectivity index (χ3n) is 10.1. The molecule has 0 amide bonds. The number of fused-ring (bicyclic) bond motifs is 2. The van der Waals surface area contributed by atoms with Crippen LogP contribution < -0.4 is 0 Å². The second kappa shape index (κ2) is 4.70. The topological polar surface area (TPSA) is 29.5 Å². The van der Waals surface area contributed by atoms with Gasteiger partial charge in [0, 0.05) is 29.8 Å². The second-order valence-electron chi connectivity index (χ2n) is 10.8. The van der Waals surface area contributed by atoms with Crippen molar-refractivity contribution in [2.75, 3.05) is 19.7 Å². The molecule has 3 heteroatoms. The summed E-state index contributed by atoms with van der Waals surface area (Å²) in [5, 5.41) is 0. The standard InChI is InChI=1S/C22H33NO2/c1-14-15-4-5-17-21(12-15,18(14)24)9-6-16-20(2)7-3-8-22(16,17)19-23(13-20)10-11-25-19/h14-17,19H,3-13H2,1-2H3/t14-,15+,16+,17+,19?,20-,21+,22-/m0/s1. The molecule has 4 saturated carbocycles. The number of Topliss-reactive ketones (excluding diaryl/α,β-unsaturated/α-hetero) is 1. The van der Waals surface area contributed by atoms with Crippen LogP contribution in [0.15, 0.2) is 0 Å². The van der Waals surface area contributed by atoms with E-state index in [1.165, 1.54) is 57.9 Å². The number of ketones is 1. The van der Waals surface area contributed by atoms with E-state index in [-0.39, 0.29) is 10.8 Å². The highest BCUT2D eigenvalue weighted by Crippen LogP contribution is 2.74. The van der Waals surface area contributed by atoms with Crippen molar-refractivity contribution in [2.45, 2.75) is 71.4 Å². The van der Waals surface area contributed by atoms with Gasteiger partial charge in [0.2, 0.25) is 0 Å². The van der Waals surface area contributed by atoms with E-state index >= 15 is 0 Å². The predicted molar refractivity (Wildman–Crippen MR) is 95.9 cm³/mol. The summed E-state index contributed by atoms with van der Waals surface area (Å²) in [4.78, 5) is 16.2. The van der Waals surface area contributed by atoms with E-state index in [0.717, 1.165) is 19.1 Å². The fourth-order valence-corrected chi connectivity index (χ4v) is 9.43. The van der Waals surface area contributed by atoms with E-state index in [2.05, 4.69) is 18.7 Å². The number of hydrogen-bond acceptors (Lipinski definition) is 3. The summed E-state index contributed by atoms with van der Waals surface area (Å²) in [6.45, 7) is 8.06. The Labute approximate surface area is 151 Å². The van der Waals surface area contributed by atoms with Gasteiger partial charge in [-0.3, -0.25) is 9.69 Å². The van der Waals surface area contributed by atoms with Crippen molar-refractivity contribution in [1.29, 1.82) is 0 Å². The third kappa shape index (κ3) is 1.61. The average molecular weight is 344 g/mol. The van der Waals surface area contributed by atoms with Gasteiger partial charge in [-0.05, 0) is 68.1 Å². The molecule has 1 unspecified atom stereocenters. The van der Waals surface area contributed by atoms with E-state index in [1.807, 2.05) is 0 Å². The average Bonchev–Trinajstić information content (AvgIpc) is 3.12. The molecule has 138 valence electrons. The zero-order chi connectivity index (χ0) is 17.0. The first-order valence-electron chi connectivity index (χ1n) is 10.9. The van der Waals surface area contributed by atoms with Crippen molar-refractivity contribution < 1.29 is 9.53 Å². The van der Waals surface area contributed by atoms with Gasteiger partial charge in [0.25, 0.3) is 0 Å². The molecule has 4 aliphatic carbocycles. The molecule has 0 aromatic carbocycles. The maximum atomic E-state index is 13.5. The number of rotatable bonds is 0. The molecule has 6 fully saturated rings. The van der Waals surface area contributed by atoms with Gasteiger partial charge in [-0.2, -0.15) is 0 Å². The number of nitrogens with zero attached hydrogens (tertiary/aromatic N) is 1. The van der Waals surface area contributed by atoms with Crippen molar-refractivity contribution in [1.82, 2.24) is 4.90 Å². The highest BCUT2D eigenvalue weighted by molar-refractivity contribution is 5.90. The minimum absolute atomic E-state index is 0.0199. The van der Waals surface area contributed by atoms with Gasteiger partial charge in [-0.15, -0.1) is 0 Å². The third-order valence-corrected chi connectivity index (χ3v) is 10.1. The zero-order valence-electron chi connectivity index (χ0n) is 15.9. The SMILES string of the molecule is C[C@@H]1C(=O)[C@@]23CC[C@@H]4[C@@]5(C)CCC[C@@]4(C4OCCN4C5)[C@@H]2CC[C@@H]1C3. The van der Waals surface area contributed by atoms with Gasteiger partial charge in [0.15, 0.2) is 0 Å². The number of carbonyl (C=O) groups is 1. The molecular weight excluding hydrogens is 310 g/mol. The van der Waals surface area contributed by atoms with E-state index in [9.17, 15) is 4.79 Å². The molecule has 4 bridgehead atoms. The summed E-state index contributed by atoms with van der Waals surface area (Å²) < 4.78 is 6.48. The van der Waals surface area contributed by atoms with E-state index in [4.69, 9.17) is 4.74 Å². The number of ether oxygens (including phenoxy) is 1. The molecule has 6 rings (SSSR count). The first-order valence-corrected chi connectivity index (χ1v) is 10.9. The van der Waals surface area contributed by atoms with Crippen molar-refractivity contribution in [3.05, 3.63) is 0 Å². The molecule has 2 aliphatic heterocycles. The molecule has 2 heterocycles. The van der Waals surface area contributed by atoms with Gasteiger partial charge in [0.05, 0.1) is 6.61 Å². The van der Waals surface area contributed by atoms with Gasteiger partial charge in [-0.25, -0.2) is 0 Å². The summed E-state index contributed by atoms with van der Waals surface area (Å²) in [6.07, 6.45) is 10.6. The van der Waals surface area contributed by atoms with Gasteiger partial charge >= 0.3 is 0 Å². The lowest BCUT2D eigenvalue weighted by Gasteiger charge is -2.70. The van der Waals surface area contributed by atoms with Crippen LogP contribution >= 0.6 is 0 Å². The molecule has 2 saturated heterocycles. The van der Waals surface area contributed by atoms with Crippen LogP contribution in [0.2, 0.25) is 0 Å². The quantitative estimate of drug-likeness (QED) is 0.669. The second-order valence-corrected chi connectivity index (χ2v) is 10.8. The summed E-state index contributed by atoms with van der Waals surface area (Å²) in [5.41, 5.74) is 0.741. The van der Waals surface area contributed by atoms with Crippen LogP contribution in [0.3, 0.4) is 0 Å². The Morgan fingerprint density at radius 2 is 2.00 bits per heavy atom. The lowest BCUT2D eigenvalue weighted by Crippen LogP contribution is -2.71. The first-order chi connectivity index (χ1) is 12.0. The Balaban J connectivity index is 1.53. The summed E-state index contributed by atoms with van der Waals surface area (Å²) in [7, 11) is 0. The molecule has 0 N–H and O–H groups in total. The monoisotopic (exact) mass is 343 g/mol. The van der Waals surface area contributed by atoms with Gasteiger partial charge in [-0.1, -0.05) is 20.3 Å². The predicted octanol–water partition coefficient (Wildman–Crippen LogP) is 3.87. The fraction of sp³-hybridized carbons (Fsp3) is 0.955. The van der Waals surface area contributed by atoms with Gasteiger partial charge in [0.1, 0.15) is 12.0 Å². The van der Waals surface area contributed by atoms with Crippen LogP contribution in [0.4, 0.5) is 0 Å². The van der Waals surface area contributed by atoms with Crippen LogP contribution in [0, 0.1) is 39.9 Å². The molecule has 6 aliphatic rings. The number of carbonyl (C=O) groups excluding carboxylic acids is 1.